The lowest BCUT2D eigenvalue weighted by molar-refractivity contribution is 1.13. The molecular weight excluding hydrogens is 168 g/mol. The highest BCUT2D eigenvalue weighted by Crippen LogP contribution is 2.13. The van der Waals surface area contributed by atoms with Gasteiger partial charge in [0.05, 0.1) is 16.3 Å². The lowest BCUT2D eigenvalue weighted by Gasteiger charge is -1.94. The van der Waals surface area contributed by atoms with E-state index in [1.54, 1.807) is 18.3 Å². The molecular formula is C9H6N2S. The van der Waals surface area contributed by atoms with E-state index >= 15 is 0 Å². The highest BCUT2D eigenvalue weighted by atomic mass is 32.2. The van der Waals surface area contributed by atoms with Crippen LogP contribution in [0.15, 0.2) is 23.4 Å². The van der Waals surface area contributed by atoms with Crippen LogP contribution in [-0.4, -0.2) is 10.7 Å². The fraction of sp³-hybridized carbons (Fsp3) is 0.111. The summed E-state index contributed by atoms with van der Waals surface area (Å²) in [7, 11) is 0. The number of terminal acetylenes is 1. The van der Waals surface area contributed by atoms with Crippen molar-refractivity contribution in [1.82, 2.24) is 4.98 Å². The topological polar surface area (TPSA) is 36.7 Å². The summed E-state index contributed by atoms with van der Waals surface area (Å²) < 4.78 is 0. The SMILES string of the molecule is C#CCSc1ccc(C#N)cn1. The van der Waals surface area contributed by atoms with Crippen LogP contribution >= 0.6 is 11.8 Å². The van der Waals surface area contributed by atoms with E-state index < -0.39 is 0 Å². The maximum atomic E-state index is 8.48. The Hall–Kier alpha value is -1.45. The van der Waals surface area contributed by atoms with Gasteiger partial charge in [-0.3, -0.25) is 0 Å². The first kappa shape index (κ1) is 8.64. The number of aromatic nitrogens is 1. The molecule has 0 aliphatic carbocycles. The van der Waals surface area contributed by atoms with Gasteiger partial charge in [-0.1, -0.05) is 17.7 Å². The molecule has 0 saturated heterocycles. The quantitative estimate of drug-likeness (QED) is 0.505. The summed E-state index contributed by atoms with van der Waals surface area (Å²) in [5.41, 5.74) is 0.569. The van der Waals surface area contributed by atoms with Crippen LogP contribution in [0.25, 0.3) is 0 Å². The van der Waals surface area contributed by atoms with E-state index in [-0.39, 0.29) is 0 Å². The van der Waals surface area contributed by atoms with Crippen molar-refractivity contribution in [2.75, 3.05) is 5.75 Å². The number of hydrogen-bond acceptors (Lipinski definition) is 3. The molecule has 1 rings (SSSR count). The summed E-state index contributed by atoms with van der Waals surface area (Å²) in [6, 6.07) is 5.52. The standard InChI is InChI=1S/C9H6N2S/c1-2-5-12-9-4-3-8(6-10)7-11-9/h1,3-4,7H,5H2. The summed E-state index contributed by atoms with van der Waals surface area (Å²) in [6.07, 6.45) is 6.62. The van der Waals surface area contributed by atoms with E-state index in [2.05, 4.69) is 10.9 Å². The predicted octanol–water partition coefficient (Wildman–Crippen LogP) is 1.68. The van der Waals surface area contributed by atoms with Gasteiger partial charge in [-0.2, -0.15) is 5.26 Å². The zero-order chi connectivity index (χ0) is 8.81. The maximum Gasteiger partial charge on any atom is 0.101 e. The maximum absolute atomic E-state index is 8.48. The Morgan fingerprint density at radius 1 is 1.58 bits per heavy atom. The second-order valence-corrected chi connectivity index (χ2v) is 2.99. The van der Waals surface area contributed by atoms with E-state index in [4.69, 9.17) is 11.7 Å². The van der Waals surface area contributed by atoms with Gasteiger partial charge in [0.1, 0.15) is 6.07 Å². The molecule has 0 N–H and O–H groups in total. The molecule has 1 heterocycles. The molecule has 58 valence electrons. The van der Waals surface area contributed by atoms with Crippen molar-refractivity contribution in [2.45, 2.75) is 5.03 Å². The fourth-order valence-corrected chi connectivity index (χ4v) is 1.17. The second-order valence-electron chi connectivity index (χ2n) is 1.99. The molecule has 0 radical (unpaired) electrons. The van der Waals surface area contributed by atoms with Crippen molar-refractivity contribution < 1.29 is 0 Å². The van der Waals surface area contributed by atoms with Gasteiger partial charge in [-0.25, -0.2) is 4.98 Å². The zero-order valence-electron chi connectivity index (χ0n) is 6.32. The molecule has 0 amide bonds. The summed E-state index contributed by atoms with van der Waals surface area (Å²) in [5.74, 6) is 3.11. The summed E-state index contributed by atoms with van der Waals surface area (Å²) >= 11 is 1.48. The Morgan fingerprint density at radius 3 is 2.92 bits per heavy atom. The van der Waals surface area contributed by atoms with Crippen LogP contribution in [0.2, 0.25) is 0 Å². The van der Waals surface area contributed by atoms with Crippen molar-refractivity contribution in [3.63, 3.8) is 0 Å². The van der Waals surface area contributed by atoms with Gasteiger partial charge in [0.15, 0.2) is 0 Å². The van der Waals surface area contributed by atoms with Crippen molar-refractivity contribution >= 4 is 11.8 Å². The van der Waals surface area contributed by atoms with E-state index in [0.29, 0.717) is 11.3 Å². The Kier molecular flexibility index (Phi) is 3.19. The summed E-state index contributed by atoms with van der Waals surface area (Å²) in [4.78, 5) is 4.03. The van der Waals surface area contributed by atoms with Crippen molar-refractivity contribution in [1.29, 1.82) is 5.26 Å². The number of hydrogen-bond donors (Lipinski definition) is 0. The molecule has 1 aromatic rings. The molecule has 0 unspecified atom stereocenters. The summed E-state index contributed by atoms with van der Waals surface area (Å²) in [6.45, 7) is 0. The van der Waals surface area contributed by atoms with Gasteiger partial charge in [0.2, 0.25) is 0 Å². The lowest BCUT2D eigenvalue weighted by atomic mass is 10.3. The Morgan fingerprint density at radius 2 is 2.42 bits per heavy atom. The average Bonchev–Trinajstić information content (AvgIpc) is 2.15. The number of pyridine rings is 1. The average molecular weight is 174 g/mol. The molecule has 2 nitrogen and oxygen atoms in total. The van der Waals surface area contributed by atoms with Crippen LogP contribution < -0.4 is 0 Å². The molecule has 0 aliphatic heterocycles. The van der Waals surface area contributed by atoms with Gasteiger partial charge in [-0.15, -0.1) is 6.42 Å². The largest absolute Gasteiger partial charge is 0.249 e. The van der Waals surface area contributed by atoms with Crippen molar-refractivity contribution in [3.8, 4) is 18.4 Å². The van der Waals surface area contributed by atoms with Crippen LogP contribution in [0.3, 0.4) is 0 Å². The molecule has 0 atom stereocenters. The van der Waals surface area contributed by atoms with Gasteiger partial charge in [0, 0.05) is 6.20 Å². The number of thioether (sulfide) groups is 1. The zero-order valence-corrected chi connectivity index (χ0v) is 7.14. The summed E-state index contributed by atoms with van der Waals surface area (Å²) in [5, 5.41) is 9.33. The fourth-order valence-electron chi connectivity index (χ4n) is 0.647. The third-order valence-corrected chi connectivity index (χ3v) is 2.02. The van der Waals surface area contributed by atoms with Crippen LogP contribution in [-0.2, 0) is 0 Å². The molecule has 12 heavy (non-hydrogen) atoms. The number of nitrogens with zero attached hydrogens (tertiary/aromatic N) is 2. The first-order valence-electron chi connectivity index (χ1n) is 3.29. The minimum absolute atomic E-state index is 0.569. The van der Waals surface area contributed by atoms with E-state index in [1.807, 2.05) is 6.07 Å². The number of nitriles is 1. The highest BCUT2D eigenvalue weighted by molar-refractivity contribution is 7.99. The van der Waals surface area contributed by atoms with Gasteiger partial charge in [0.25, 0.3) is 0 Å². The molecule has 0 aromatic carbocycles. The second kappa shape index (κ2) is 4.43. The molecule has 0 spiro atoms. The smallest absolute Gasteiger partial charge is 0.101 e. The highest BCUT2D eigenvalue weighted by Gasteiger charge is 1.93. The minimum atomic E-state index is 0.569. The molecule has 0 saturated carbocycles. The van der Waals surface area contributed by atoms with Gasteiger partial charge >= 0.3 is 0 Å². The van der Waals surface area contributed by atoms with Crippen LogP contribution in [0.4, 0.5) is 0 Å². The van der Waals surface area contributed by atoms with Gasteiger partial charge < -0.3 is 0 Å². The minimum Gasteiger partial charge on any atom is -0.249 e. The Labute approximate surface area is 75.6 Å². The predicted molar refractivity (Wildman–Crippen MR) is 48.5 cm³/mol. The van der Waals surface area contributed by atoms with Crippen LogP contribution in [0.1, 0.15) is 5.56 Å². The van der Waals surface area contributed by atoms with E-state index in [9.17, 15) is 0 Å². The lowest BCUT2D eigenvalue weighted by Crippen LogP contribution is -1.81. The first-order chi connectivity index (χ1) is 5.86. The van der Waals surface area contributed by atoms with Gasteiger partial charge in [-0.05, 0) is 12.1 Å². The molecule has 1 aromatic heterocycles. The third kappa shape index (κ3) is 2.30. The molecule has 0 fully saturated rings. The van der Waals surface area contributed by atoms with Crippen LogP contribution in [0, 0.1) is 23.7 Å². The molecule has 0 aliphatic rings. The number of rotatable bonds is 2. The van der Waals surface area contributed by atoms with Crippen LogP contribution in [0.5, 0.6) is 0 Å². The monoisotopic (exact) mass is 174 g/mol. The Bertz CT molecular complexity index is 329. The normalized spacial score (nSPS) is 8.50. The molecule has 3 heteroatoms. The van der Waals surface area contributed by atoms with Crippen molar-refractivity contribution in [2.24, 2.45) is 0 Å². The Balaban J connectivity index is 2.68. The van der Waals surface area contributed by atoms with Crippen molar-refractivity contribution in [3.05, 3.63) is 23.9 Å². The van der Waals surface area contributed by atoms with E-state index in [1.165, 1.54) is 11.8 Å². The third-order valence-electron chi connectivity index (χ3n) is 1.17. The van der Waals surface area contributed by atoms with E-state index in [0.717, 1.165) is 5.03 Å². The first-order valence-corrected chi connectivity index (χ1v) is 4.28. The molecule has 0 bridgehead atoms.